The third-order valence-electron chi connectivity index (χ3n) is 3.53. The number of ether oxygens (including phenoxy) is 1. The van der Waals surface area contributed by atoms with Crippen LogP contribution in [-0.4, -0.2) is 29.7 Å². The number of oxime groups is 1. The quantitative estimate of drug-likeness (QED) is 0.841. The first-order valence-electron chi connectivity index (χ1n) is 7.43. The minimum Gasteiger partial charge on any atom is -0.464 e. The van der Waals surface area contributed by atoms with Crippen molar-refractivity contribution in [2.45, 2.75) is 40.2 Å². The molecule has 8 heteroatoms. The summed E-state index contributed by atoms with van der Waals surface area (Å²) in [6.45, 7) is 7.46. The van der Waals surface area contributed by atoms with Crippen LogP contribution < -0.4 is 5.32 Å². The molecule has 2 heterocycles. The maximum Gasteiger partial charge on any atom is 0.358 e. The van der Waals surface area contributed by atoms with Crippen molar-refractivity contribution in [3.05, 3.63) is 22.5 Å². The van der Waals surface area contributed by atoms with Gasteiger partial charge in [0, 0.05) is 18.8 Å². The van der Waals surface area contributed by atoms with Gasteiger partial charge in [-0.1, -0.05) is 37.5 Å². The van der Waals surface area contributed by atoms with Gasteiger partial charge in [0.2, 0.25) is 5.91 Å². The summed E-state index contributed by atoms with van der Waals surface area (Å²) in [6.07, 6.45) is 0.0885. The first kappa shape index (κ1) is 18.2. The Labute approximate surface area is 145 Å². The molecular weight excluding hydrogens is 334 g/mol. The first-order valence-corrected chi connectivity index (χ1v) is 7.80. The van der Waals surface area contributed by atoms with Crippen molar-refractivity contribution < 1.29 is 19.2 Å². The average molecular weight is 354 g/mol. The summed E-state index contributed by atoms with van der Waals surface area (Å²) in [7, 11) is 1.23. The fourth-order valence-electron chi connectivity index (χ4n) is 2.21. The van der Waals surface area contributed by atoms with Crippen LogP contribution in [0.3, 0.4) is 0 Å². The number of esters is 1. The van der Waals surface area contributed by atoms with Gasteiger partial charge in [0.05, 0.1) is 29.2 Å². The maximum atomic E-state index is 11.9. The molecule has 0 bridgehead atoms. The van der Waals surface area contributed by atoms with E-state index in [1.165, 1.54) is 14.0 Å². The molecular formula is C16H20ClN3O4. The van der Waals surface area contributed by atoms with Gasteiger partial charge >= 0.3 is 5.97 Å². The molecule has 0 spiro atoms. The molecule has 1 aliphatic rings. The van der Waals surface area contributed by atoms with Gasteiger partial charge in [0.15, 0.2) is 11.8 Å². The first-order chi connectivity index (χ1) is 11.1. The van der Waals surface area contributed by atoms with Crippen LogP contribution in [0.1, 0.15) is 56.4 Å². The molecule has 7 nitrogen and oxygen atoms in total. The molecule has 1 aliphatic heterocycles. The lowest BCUT2D eigenvalue weighted by Crippen LogP contribution is -2.19. The molecule has 0 saturated carbocycles. The number of nitrogens with zero attached hydrogens (tertiary/aromatic N) is 2. The number of nitrogens with one attached hydrogen (secondary N) is 1. The van der Waals surface area contributed by atoms with Crippen molar-refractivity contribution >= 4 is 34.9 Å². The topological polar surface area (TPSA) is 89.9 Å². The number of hydrogen-bond donors (Lipinski definition) is 1. The van der Waals surface area contributed by atoms with Crippen LogP contribution in [0.25, 0.3) is 0 Å². The number of aromatic nitrogens is 1. The maximum absolute atomic E-state index is 11.9. The Morgan fingerprint density at radius 3 is 2.58 bits per heavy atom. The van der Waals surface area contributed by atoms with Crippen molar-refractivity contribution in [2.75, 3.05) is 12.4 Å². The summed E-state index contributed by atoms with van der Waals surface area (Å²) in [5.41, 5.74) is 1.42. The number of methoxy groups -OCH3 is 1. The van der Waals surface area contributed by atoms with E-state index in [4.69, 9.17) is 21.2 Å². The Bertz CT molecular complexity index is 710. The molecule has 1 atom stereocenters. The third-order valence-corrected chi connectivity index (χ3v) is 3.91. The highest BCUT2D eigenvalue weighted by molar-refractivity contribution is 6.36. The molecule has 2 rings (SSSR count). The van der Waals surface area contributed by atoms with Gasteiger partial charge in [0.1, 0.15) is 0 Å². The van der Waals surface area contributed by atoms with Crippen molar-refractivity contribution in [1.82, 2.24) is 4.98 Å². The van der Waals surface area contributed by atoms with Crippen molar-refractivity contribution in [1.29, 1.82) is 0 Å². The zero-order valence-electron chi connectivity index (χ0n) is 14.3. The lowest BCUT2D eigenvalue weighted by Gasteiger charge is -2.17. The van der Waals surface area contributed by atoms with Crippen LogP contribution in [0.4, 0.5) is 5.69 Å². The summed E-state index contributed by atoms with van der Waals surface area (Å²) in [5.74, 6) is -1.01. The Hall–Kier alpha value is -2.15. The summed E-state index contributed by atoms with van der Waals surface area (Å²) in [6, 6.07) is 1.59. The number of hydrogen-bond acceptors (Lipinski definition) is 6. The highest BCUT2D eigenvalue weighted by atomic mass is 35.5. The van der Waals surface area contributed by atoms with Gasteiger partial charge in [0.25, 0.3) is 0 Å². The fourth-order valence-corrected chi connectivity index (χ4v) is 2.43. The van der Waals surface area contributed by atoms with E-state index in [0.29, 0.717) is 12.1 Å². The molecule has 0 aliphatic carbocycles. The van der Waals surface area contributed by atoms with E-state index >= 15 is 0 Å². The molecule has 0 fully saturated rings. The molecule has 1 unspecified atom stereocenters. The average Bonchev–Trinajstić information content (AvgIpc) is 2.98. The molecule has 0 radical (unpaired) electrons. The molecule has 0 saturated heterocycles. The lowest BCUT2D eigenvalue weighted by atomic mass is 9.87. The standard InChI is InChI=1S/C16H20ClN3O4/c1-8(21)18-10-6-9(19-14(13(10)17)15(22)23-5)11-7-12(20-24-11)16(2,3)4/h6,11H,7H2,1-5H3,(H,18,19,21). The molecule has 1 aromatic rings. The second-order valence-corrected chi connectivity index (χ2v) is 6.89. The Morgan fingerprint density at radius 2 is 2.08 bits per heavy atom. The second kappa shape index (κ2) is 6.76. The van der Waals surface area contributed by atoms with Crippen LogP contribution >= 0.6 is 11.6 Å². The van der Waals surface area contributed by atoms with Gasteiger partial charge in [-0.2, -0.15) is 0 Å². The zero-order valence-corrected chi connectivity index (χ0v) is 15.0. The number of rotatable bonds is 3. The van der Waals surface area contributed by atoms with E-state index in [2.05, 4.69) is 15.5 Å². The van der Waals surface area contributed by atoms with E-state index in [-0.39, 0.29) is 27.7 Å². The number of carbonyl (C=O) groups is 2. The second-order valence-electron chi connectivity index (χ2n) is 6.52. The van der Waals surface area contributed by atoms with E-state index in [0.717, 1.165) is 5.71 Å². The number of halogens is 1. The van der Waals surface area contributed by atoms with E-state index in [1.54, 1.807) is 6.07 Å². The SMILES string of the molecule is COC(=O)c1nc(C2CC(C(C)(C)C)=NO2)cc(NC(C)=O)c1Cl. The van der Waals surface area contributed by atoms with E-state index in [1.807, 2.05) is 20.8 Å². The molecule has 1 N–H and O–H groups in total. The lowest BCUT2D eigenvalue weighted by molar-refractivity contribution is -0.114. The fraction of sp³-hybridized carbons (Fsp3) is 0.500. The molecule has 0 aromatic carbocycles. The number of pyridine rings is 1. The summed E-state index contributed by atoms with van der Waals surface area (Å²) in [4.78, 5) is 33.0. The third kappa shape index (κ3) is 3.84. The smallest absolute Gasteiger partial charge is 0.358 e. The van der Waals surface area contributed by atoms with Gasteiger partial charge in [-0.25, -0.2) is 9.78 Å². The monoisotopic (exact) mass is 353 g/mol. The highest BCUT2D eigenvalue weighted by Crippen LogP contribution is 2.36. The summed E-state index contributed by atoms with van der Waals surface area (Å²) < 4.78 is 4.70. The van der Waals surface area contributed by atoms with Crippen molar-refractivity contribution in [3.63, 3.8) is 0 Å². The van der Waals surface area contributed by atoms with E-state index in [9.17, 15) is 9.59 Å². The zero-order chi connectivity index (χ0) is 18.1. The molecule has 1 amide bonds. The minimum atomic E-state index is -0.691. The van der Waals surface area contributed by atoms with Crippen LogP contribution in [-0.2, 0) is 14.4 Å². The van der Waals surface area contributed by atoms with Gasteiger partial charge < -0.3 is 14.9 Å². The molecule has 24 heavy (non-hydrogen) atoms. The van der Waals surface area contributed by atoms with Gasteiger partial charge in [-0.05, 0) is 6.07 Å². The summed E-state index contributed by atoms with van der Waals surface area (Å²) in [5, 5.41) is 6.72. The van der Waals surface area contributed by atoms with Crippen LogP contribution in [0.5, 0.6) is 0 Å². The Balaban J connectivity index is 2.40. The Kier molecular flexibility index (Phi) is 5.13. The van der Waals surface area contributed by atoms with E-state index < -0.39 is 12.1 Å². The van der Waals surface area contributed by atoms with Crippen LogP contribution in [0.2, 0.25) is 5.02 Å². The molecule has 130 valence electrons. The largest absolute Gasteiger partial charge is 0.464 e. The number of carbonyl (C=O) groups excluding carboxylic acids is 2. The highest BCUT2D eigenvalue weighted by Gasteiger charge is 2.32. The van der Waals surface area contributed by atoms with Crippen LogP contribution in [0, 0.1) is 5.41 Å². The van der Waals surface area contributed by atoms with Gasteiger partial charge in [-0.15, -0.1) is 0 Å². The predicted octanol–water partition coefficient (Wildman–Crippen LogP) is 3.34. The van der Waals surface area contributed by atoms with Crippen molar-refractivity contribution in [3.8, 4) is 0 Å². The normalized spacial score (nSPS) is 17.1. The summed E-state index contributed by atoms with van der Waals surface area (Å²) >= 11 is 6.16. The van der Waals surface area contributed by atoms with Crippen molar-refractivity contribution in [2.24, 2.45) is 10.6 Å². The predicted molar refractivity (Wildman–Crippen MR) is 90.2 cm³/mol. The van der Waals surface area contributed by atoms with Gasteiger partial charge in [-0.3, -0.25) is 4.79 Å². The minimum absolute atomic E-state index is 0.0239. The Morgan fingerprint density at radius 1 is 1.42 bits per heavy atom. The molecule has 1 aromatic heterocycles. The number of amides is 1. The number of anilines is 1. The van der Waals surface area contributed by atoms with Crippen LogP contribution in [0.15, 0.2) is 11.2 Å².